The van der Waals surface area contributed by atoms with Crippen molar-refractivity contribution in [3.63, 3.8) is 0 Å². The molecule has 1 rings (SSSR count). The Kier molecular flexibility index (Phi) is 6.50. The van der Waals surface area contributed by atoms with Crippen molar-refractivity contribution < 1.29 is 4.42 Å². The maximum Gasteiger partial charge on any atom is 0.126 e. The highest BCUT2D eigenvalue weighted by atomic mass is 16.3. The fraction of sp³-hybridized carbons (Fsp3) is 0.400. The summed E-state index contributed by atoms with van der Waals surface area (Å²) in [5.74, 6) is 0.928. The van der Waals surface area contributed by atoms with Crippen LogP contribution in [-0.4, -0.2) is 0 Å². The van der Waals surface area contributed by atoms with E-state index in [1.54, 1.807) is 6.26 Å². The van der Waals surface area contributed by atoms with Gasteiger partial charge in [-0.3, -0.25) is 0 Å². The third-order valence-electron chi connectivity index (χ3n) is 1.06. The third-order valence-corrected chi connectivity index (χ3v) is 1.06. The van der Waals surface area contributed by atoms with E-state index in [0.29, 0.717) is 0 Å². The second kappa shape index (κ2) is 7.13. The Hall–Kier alpha value is -0.980. The van der Waals surface area contributed by atoms with E-state index in [0.717, 1.165) is 12.2 Å². The molecule has 1 aromatic heterocycles. The highest BCUT2D eigenvalue weighted by molar-refractivity contribution is 5.41. The van der Waals surface area contributed by atoms with E-state index in [4.69, 9.17) is 4.42 Å². The Morgan fingerprint density at radius 1 is 1.45 bits per heavy atom. The zero-order valence-corrected chi connectivity index (χ0v) is 7.50. The van der Waals surface area contributed by atoms with E-state index in [-0.39, 0.29) is 0 Å². The minimum absolute atomic E-state index is 0.928. The summed E-state index contributed by atoms with van der Waals surface area (Å²) >= 11 is 0. The van der Waals surface area contributed by atoms with Crippen LogP contribution in [0.25, 0.3) is 6.08 Å². The Labute approximate surface area is 68.7 Å². The van der Waals surface area contributed by atoms with Crippen LogP contribution in [0.3, 0.4) is 0 Å². The van der Waals surface area contributed by atoms with Gasteiger partial charge >= 0.3 is 0 Å². The quantitative estimate of drug-likeness (QED) is 0.629. The van der Waals surface area contributed by atoms with Crippen LogP contribution in [0.5, 0.6) is 0 Å². The third kappa shape index (κ3) is 4.43. The molecule has 0 unspecified atom stereocenters. The number of furan rings is 1. The van der Waals surface area contributed by atoms with Crippen molar-refractivity contribution in [3.8, 4) is 0 Å². The summed E-state index contributed by atoms with van der Waals surface area (Å²) in [4.78, 5) is 0. The van der Waals surface area contributed by atoms with Gasteiger partial charge in [0.25, 0.3) is 0 Å². The van der Waals surface area contributed by atoms with Gasteiger partial charge in [0.05, 0.1) is 6.26 Å². The van der Waals surface area contributed by atoms with Gasteiger partial charge in [-0.1, -0.05) is 26.8 Å². The molecule has 0 amide bonds. The predicted molar refractivity (Wildman–Crippen MR) is 49.4 cm³/mol. The van der Waals surface area contributed by atoms with Crippen molar-refractivity contribution in [2.75, 3.05) is 0 Å². The van der Waals surface area contributed by atoms with Crippen molar-refractivity contribution >= 4 is 6.08 Å². The van der Waals surface area contributed by atoms with Gasteiger partial charge < -0.3 is 4.42 Å². The highest BCUT2D eigenvalue weighted by Crippen LogP contribution is 2.02. The number of allylic oxidation sites excluding steroid dienone is 1. The van der Waals surface area contributed by atoms with E-state index in [9.17, 15) is 0 Å². The zero-order valence-electron chi connectivity index (χ0n) is 7.50. The lowest BCUT2D eigenvalue weighted by Crippen LogP contribution is -1.57. The molecule has 1 heterocycles. The van der Waals surface area contributed by atoms with Crippen molar-refractivity contribution in [1.29, 1.82) is 0 Å². The summed E-state index contributed by atoms with van der Waals surface area (Å²) in [6, 6.07) is 3.82. The van der Waals surface area contributed by atoms with Gasteiger partial charge in [0.1, 0.15) is 5.76 Å². The first-order valence-electron chi connectivity index (χ1n) is 4.13. The molecule has 0 atom stereocenters. The fourth-order valence-electron chi connectivity index (χ4n) is 0.620. The Morgan fingerprint density at radius 2 is 2.18 bits per heavy atom. The topological polar surface area (TPSA) is 13.1 Å². The molecule has 1 aromatic rings. The van der Waals surface area contributed by atoms with Crippen molar-refractivity contribution in [2.45, 2.75) is 27.2 Å². The Bertz CT molecular complexity index is 173. The molecule has 0 aromatic carbocycles. The normalized spacial score (nSPS) is 9.36. The summed E-state index contributed by atoms with van der Waals surface area (Å²) in [6.07, 6.45) is 6.77. The van der Waals surface area contributed by atoms with Gasteiger partial charge in [0, 0.05) is 0 Å². The molecule has 0 aliphatic carbocycles. The van der Waals surface area contributed by atoms with Crippen LogP contribution in [0.4, 0.5) is 0 Å². The van der Waals surface area contributed by atoms with E-state index in [1.165, 1.54) is 0 Å². The average Bonchev–Trinajstić information content (AvgIpc) is 2.57. The Balaban J connectivity index is 0.000000461. The number of rotatable bonds is 2. The van der Waals surface area contributed by atoms with Crippen LogP contribution in [0, 0.1) is 0 Å². The molecule has 0 saturated heterocycles. The molecule has 0 spiro atoms. The molecule has 1 heteroatoms. The minimum atomic E-state index is 0.928. The first-order valence-corrected chi connectivity index (χ1v) is 4.13. The van der Waals surface area contributed by atoms with Gasteiger partial charge in [-0.25, -0.2) is 0 Å². The molecule has 0 N–H and O–H groups in total. The predicted octanol–water partition coefficient (Wildman–Crippen LogP) is 3.73. The smallest absolute Gasteiger partial charge is 0.126 e. The first-order chi connectivity index (χ1) is 5.43. The van der Waals surface area contributed by atoms with Crippen LogP contribution in [-0.2, 0) is 0 Å². The van der Waals surface area contributed by atoms with Crippen molar-refractivity contribution in [2.24, 2.45) is 0 Å². The summed E-state index contributed by atoms with van der Waals surface area (Å²) < 4.78 is 5.05. The molecule has 0 aliphatic rings. The minimum Gasteiger partial charge on any atom is -0.465 e. The summed E-state index contributed by atoms with van der Waals surface area (Å²) in [5, 5.41) is 0. The lowest BCUT2D eigenvalue weighted by Gasteiger charge is -1.79. The molecule has 0 bridgehead atoms. The maximum absolute atomic E-state index is 5.05. The lowest BCUT2D eigenvalue weighted by atomic mass is 10.3. The molecule has 0 fully saturated rings. The first kappa shape index (κ1) is 10.0. The summed E-state index contributed by atoms with van der Waals surface area (Å²) in [6.45, 7) is 6.10. The zero-order chi connectivity index (χ0) is 8.53. The maximum atomic E-state index is 5.05. The standard InChI is InChI=1S/C8H10O.C2H6/c1-2-3-5-8-6-4-7-9-8;1-2/h3-7H,2H2,1H3;1-2H3/b5-3-;. The van der Waals surface area contributed by atoms with Crippen LogP contribution < -0.4 is 0 Å². The molecular weight excluding hydrogens is 136 g/mol. The van der Waals surface area contributed by atoms with Crippen LogP contribution in [0.2, 0.25) is 0 Å². The molecule has 1 nitrogen and oxygen atoms in total. The molecular formula is C10H16O. The van der Waals surface area contributed by atoms with Crippen LogP contribution >= 0.6 is 0 Å². The van der Waals surface area contributed by atoms with E-state index >= 15 is 0 Å². The second-order valence-corrected chi connectivity index (χ2v) is 1.83. The Morgan fingerprint density at radius 3 is 2.64 bits per heavy atom. The molecule has 62 valence electrons. The lowest BCUT2D eigenvalue weighted by molar-refractivity contribution is 0.557. The largest absolute Gasteiger partial charge is 0.465 e. The van der Waals surface area contributed by atoms with Gasteiger partial charge in [-0.2, -0.15) is 0 Å². The fourth-order valence-corrected chi connectivity index (χ4v) is 0.620. The van der Waals surface area contributed by atoms with Gasteiger partial charge in [0.2, 0.25) is 0 Å². The highest BCUT2D eigenvalue weighted by Gasteiger charge is 1.83. The van der Waals surface area contributed by atoms with Crippen LogP contribution in [0.15, 0.2) is 28.9 Å². The van der Waals surface area contributed by atoms with E-state index in [2.05, 4.69) is 13.0 Å². The summed E-state index contributed by atoms with van der Waals surface area (Å²) in [7, 11) is 0. The number of hydrogen-bond acceptors (Lipinski definition) is 1. The summed E-state index contributed by atoms with van der Waals surface area (Å²) in [5.41, 5.74) is 0. The van der Waals surface area contributed by atoms with E-state index < -0.39 is 0 Å². The van der Waals surface area contributed by atoms with E-state index in [1.807, 2.05) is 32.1 Å². The monoisotopic (exact) mass is 152 g/mol. The molecule has 11 heavy (non-hydrogen) atoms. The SMILES string of the molecule is CC.CC/C=C\c1ccco1. The molecule has 0 saturated carbocycles. The van der Waals surface area contributed by atoms with Crippen LogP contribution in [0.1, 0.15) is 33.0 Å². The van der Waals surface area contributed by atoms with Crippen molar-refractivity contribution in [1.82, 2.24) is 0 Å². The average molecular weight is 152 g/mol. The molecule has 0 radical (unpaired) electrons. The van der Waals surface area contributed by atoms with Crippen molar-refractivity contribution in [3.05, 3.63) is 30.2 Å². The van der Waals surface area contributed by atoms with Gasteiger partial charge in [-0.15, -0.1) is 0 Å². The number of hydrogen-bond donors (Lipinski definition) is 0. The van der Waals surface area contributed by atoms with Gasteiger partial charge in [-0.05, 0) is 24.6 Å². The van der Waals surface area contributed by atoms with Gasteiger partial charge in [0.15, 0.2) is 0 Å². The second-order valence-electron chi connectivity index (χ2n) is 1.83. The molecule has 0 aliphatic heterocycles.